The average Bonchev–Trinajstić information content (AvgIpc) is 2.52. The summed E-state index contributed by atoms with van der Waals surface area (Å²) in [7, 11) is 0. The quantitative estimate of drug-likeness (QED) is 0.653. The minimum Gasteiger partial charge on any atom is -0.485 e. The lowest BCUT2D eigenvalue weighted by molar-refractivity contribution is -0.116. The molecule has 1 rings (SSSR count). The van der Waals surface area contributed by atoms with E-state index < -0.39 is 0 Å². The van der Waals surface area contributed by atoms with Gasteiger partial charge in [0.05, 0.1) is 5.57 Å². The van der Waals surface area contributed by atoms with E-state index in [0.29, 0.717) is 11.3 Å². The van der Waals surface area contributed by atoms with Crippen molar-refractivity contribution in [2.45, 2.75) is 20.8 Å². The Bertz CT molecular complexity index is 247. The van der Waals surface area contributed by atoms with Gasteiger partial charge in [-0.2, -0.15) is 0 Å². The van der Waals surface area contributed by atoms with Crippen molar-refractivity contribution in [2.24, 2.45) is 0 Å². The molecular weight excluding hydrogens is 164 g/mol. The molecule has 0 N–H and O–H groups in total. The number of hydrogen-bond acceptors (Lipinski definition) is 2. The minimum atomic E-state index is 0.0259. The van der Waals surface area contributed by atoms with Gasteiger partial charge in [0, 0.05) is 0 Å². The number of carbonyl (C=O) groups is 1. The van der Waals surface area contributed by atoms with Gasteiger partial charge in [-0.3, -0.25) is 4.79 Å². The third-order valence-corrected chi connectivity index (χ3v) is 1.44. The lowest BCUT2D eigenvalue weighted by Crippen LogP contribution is -1.98. The second kappa shape index (κ2) is 6.23. The minimum absolute atomic E-state index is 0.0259. The molecule has 0 radical (unpaired) electrons. The molecule has 0 unspecified atom stereocenters. The highest BCUT2D eigenvalue weighted by Crippen LogP contribution is 2.17. The van der Waals surface area contributed by atoms with Crippen molar-refractivity contribution in [3.63, 3.8) is 0 Å². The molecule has 0 aromatic carbocycles. The van der Waals surface area contributed by atoms with Crippen molar-refractivity contribution in [1.29, 1.82) is 0 Å². The van der Waals surface area contributed by atoms with E-state index in [-0.39, 0.29) is 12.4 Å². The van der Waals surface area contributed by atoms with Crippen LogP contribution in [0.1, 0.15) is 20.8 Å². The molecule has 0 fully saturated rings. The molecule has 1 aliphatic heterocycles. The van der Waals surface area contributed by atoms with Crippen LogP contribution < -0.4 is 0 Å². The molecule has 0 spiro atoms. The molecule has 0 aromatic heterocycles. The molecule has 0 saturated heterocycles. The fourth-order valence-electron chi connectivity index (χ4n) is 0.947. The number of ether oxygens (including phenoxy) is 1. The summed E-state index contributed by atoms with van der Waals surface area (Å²) in [6.07, 6.45) is 5.11. The first kappa shape index (κ1) is 11.7. The summed E-state index contributed by atoms with van der Waals surface area (Å²) in [5, 5.41) is 0. The Balaban J connectivity index is 0.000000671. The summed E-state index contributed by atoms with van der Waals surface area (Å²) in [5.41, 5.74) is 0.627. The van der Waals surface area contributed by atoms with Crippen LogP contribution in [0, 0.1) is 0 Å². The van der Waals surface area contributed by atoms with Crippen molar-refractivity contribution < 1.29 is 9.53 Å². The summed E-state index contributed by atoms with van der Waals surface area (Å²) in [4.78, 5) is 11.1. The molecule has 0 aromatic rings. The fraction of sp³-hybridized carbons (Fsp3) is 0.364. The van der Waals surface area contributed by atoms with E-state index in [1.165, 1.54) is 0 Å². The monoisotopic (exact) mass is 180 g/mol. The van der Waals surface area contributed by atoms with Gasteiger partial charge in [-0.25, -0.2) is 0 Å². The second-order valence-electron chi connectivity index (χ2n) is 2.19. The van der Waals surface area contributed by atoms with Gasteiger partial charge < -0.3 is 4.74 Å². The van der Waals surface area contributed by atoms with Crippen LogP contribution in [-0.2, 0) is 9.53 Å². The molecule has 1 heterocycles. The molecule has 0 aliphatic carbocycles. The molecule has 1 aliphatic rings. The first-order chi connectivity index (χ1) is 6.29. The Kier molecular flexibility index (Phi) is 5.60. The van der Waals surface area contributed by atoms with Crippen molar-refractivity contribution >= 4 is 5.78 Å². The number of Topliss-reactive ketones (excluding diaryl/α,β-unsaturated/α-hetero) is 1. The van der Waals surface area contributed by atoms with Gasteiger partial charge in [-0.05, 0) is 13.0 Å². The summed E-state index contributed by atoms with van der Waals surface area (Å²) in [5.74, 6) is 0.617. The standard InChI is InChI=1S/C9H10O2.C2H6/c1-3-5-7-8(10)6-11-9(7)4-2;1-2/h3-5H,2,6H2,1H3;1-2H3/b5-3-;. The predicted octanol–water partition coefficient (Wildman–Crippen LogP) is 2.63. The van der Waals surface area contributed by atoms with Crippen molar-refractivity contribution in [3.05, 3.63) is 36.1 Å². The van der Waals surface area contributed by atoms with Gasteiger partial charge in [0.25, 0.3) is 0 Å². The summed E-state index contributed by atoms with van der Waals surface area (Å²) in [6, 6.07) is 0. The van der Waals surface area contributed by atoms with E-state index in [9.17, 15) is 4.79 Å². The van der Waals surface area contributed by atoms with Crippen LogP contribution in [0.2, 0.25) is 0 Å². The van der Waals surface area contributed by atoms with Gasteiger partial charge in [-0.1, -0.05) is 32.6 Å². The third-order valence-electron chi connectivity index (χ3n) is 1.44. The molecule has 0 amide bonds. The zero-order chi connectivity index (χ0) is 10.3. The van der Waals surface area contributed by atoms with Gasteiger partial charge in [0.15, 0.2) is 6.61 Å². The molecule has 13 heavy (non-hydrogen) atoms. The summed E-state index contributed by atoms with van der Waals surface area (Å²) in [6.45, 7) is 9.55. The zero-order valence-electron chi connectivity index (χ0n) is 8.46. The lowest BCUT2D eigenvalue weighted by atomic mass is 10.1. The van der Waals surface area contributed by atoms with E-state index >= 15 is 0 Å². The van der Waals surface area contributed by atoms with Crippen LogP contribution in [0.5, 0.6) is 0 Å². The maximum Gasteiger partial charge on any atom is 0.203 e. The molecule has 2 heteroatoms. The smallest absolute Gasteiger partial charge is 0.203 e. The predicted molar refractivity (Wildman–Crippen MR) is 54.3 cm³/mol. The second-order valence-corrected chi connectivity index (χ2v) is 2.19. The van der Waals surface area contributed by atoms with Gasteiger partial charge in [0.2, 0.25) is 5.78 Å². The number of rotatable bonds is 2. The largest absolute Gasteiger partial charge is 0.485 e. The van der Waals surface area contributed by atoms with Crippen LogP contribution >= 0.6 is 0 Å². The highest BCUT2D eigenvalue weighted by atomic mass is 16.5. The lowest BCUT2D eigenvalue weighted by Gasteiger charge is -1.92. The fourth-order valence-corrected chi connectivity index (χ4v) is 0.947. The van der Waals surface area contributed by atoms with Gasteiger partial charge >= 0.3 is 0 Å². The topological polar surface area (TPSA) is 26.3 Å². The van der Waals surface area contributed by atoms with Crippen molar-refractivity contribution in [3.8, 4) is 0 Å². The van der Waals surface area contributed by atoms with Gasteiger partial charge in [0.1, 0.15) is 5.76 Å². The van der Waals surface area contributed by atoms with Crippen LogP contribution in [0.4, 0.5) is 0 Å². The Morgan fingerprint density at radius 1 is 1.46 bits per heavy atom. The summed E-state index contributed by atoms with van der Waals surface area (Å²) >= 11 is 0. The van der Waals surface area contributed by atoms with Crippen LogP contribution in [0.3, 0.4) is 0 Å². The first-order valence-corrected chi connectivity index (χ1v) is 4.45. The number of allylic oxidation sites excluding steroid dienone is 3. The normalized spacial score (nSPS) is 15.5. The Morgan fingerprint density at radius 3 is 2.54 bits per heavy atom. The highest BCUT2D eigenvalue weighted by Gasteiger charge is 2.19. The molecular formula is C11H16O2. The maximum absolute atomic E-state index is 11.1. The van der Waals surface area contributed by atoms with E-state index in [0.717, 1.165) is 0 Å². The molecule has 0 bridgehead atoms. The average molecular weight is 180 g/mol. The maximum atomic E-state index is 11.1. The van der Waals surface area contributed by atoms with Crippen LogP contribution in [0.25, 0.3) is 0 Å². The SMILES string of the molecule is C=CC1=C(/C=C\C)C(=O)CO1.CC. The van der Waals surface area contributed by atoms with E-state index in [4.69, 9.17) is 4.74 Å². The van der Waals surface area contributed by atoms with E-state index in [1.54, 1.807) is 12.2 Å². The van der Waals surface area contributed by atoms with Crippen LogP contribution in [0.15, 0.2) is 36.1 Å². The Morgan fingerprint density at radius 2 is 2.08 bits per heavy atom. The van der Waals surface area contributed by atoms with Crippen molar-refractivity contribution in [1.82, 2.24) is 0 Å². The number of carbonyl (C=O) groups excluding carboxylic acids is 1. The molecule has 2 nitrogen and oxygen atoms in total. The zero-order valence-corrected chi connectivity index (χ0v) is 8.46. The highest BCUT2D eigenvalue weighted by molar-refractivity contribution is 6.01. The molecule has 72 valence electrons. The van der Waals surface area contributed by atoms with E-state index in [2.05, 4.69) is 6.58 Å². The summed E-state index contributed by atoms with van der Waals surface area (Å²) < 4.78 is 5.04. The van der Waals surface area contributed by atoms with E-state index in [1.807, 2.05) is 26.8 Å². The molecule has 0 saturated carbocycles. The first-order valence-electron chi connectivity index (χ1n) is 4.45. The van der Waals surface area contributed by atoms with Gasteiger partial charge in [-0.15, -0.1) is 0 Å². The number of ketones is 1. The van der Waals surface area contributed by atoms with Crippen molar-refractivity contribution in [2.75, 3.05) is 6.61 Å². The third kappa shape index (κ3) is 2.90. The number of hydrogen-bond donors (Lipinski definition) is 0. The Labute approximate surface area is 79.6 Å². The Hall–Kier alpha value is -1.31. The van der Waals surface area contributed by atoms with Crippen LogP contribution in [-0.4, -0.2) is 12.4 Å². The molecule has 0 atom stereocenters.